The first kappa shape index (κ1) is 35.0. The van der Waals surface area contributed by atoms with Crippen molar-refractivity contribution in [2.75, 3.05) is 32.6 Å². The van der Waals surface area contributed by atoms with Crippen molar-refractivity contribution < 1.29 is 32.0 Å². The number of ether oxygens (including phenoxy) is 2. The lowest BCUT2D eigenvalue weighted by molar-refractivity contribution is -0.146. The van der Waals surface area contributed by atoms with Crippen LogP contribution in [-0.2, 0) is 32.0 Å². The second kappa shape index (κ2) is 17.7. The van der Waals surface area contributed by atoms with E-state index >= 15 is 0 Å². The van der Waals surface area contributed by atoms with E-state index in [0.717, 1.165) is 43.3 Å². The monoisotopic (exact) mass is 632 g/mol. The number of hydrogen-bond acceptors (Lipinski definition) is 7. The molecule has 0 aliphatic carbocycles. The molecule has 0 spiro atoms. The fourth-order valence-corrected chi connectivity index (χ4v) is 17.0. The number of esters is 2. The van der Waals surface area contributed by atoms with Crippen molar-refractivity contribution in [2.45, 2.75) is 44.8 Å². The molecule has 2 rings (SSSR count). The van der Waals surface area contributed by atoms with Crippen molar-refractivity contribution in [3.8, 4) is 0 Å². The number of carbonyl (C=O) groups is 2. The van der Waals surface area contributed by atoms with Crippen LogP contribution in [0.2, 0.25) is 31.7 Å². The molecule has 0 aromatic heterocycles. The maximum atomic E-state index is 11.9. The summed E-state index contributed by atoms with van der Waals surface area (Å²) in [5.41, 5.74) is 0.299. The van der Waals surface area contributed by atoms with E-state index in [1.165, 1.54) is 0 Å². The van der Waals surface area contributed by atoms with Crippen molar-refractivity contribution in [1.82, 2.24) is 0 Å². The fraction of sp³-hybridized carbons (Fsp3) is 0.400. The number of carbonyl (C=O) groups excluding carboxylic acids is 2. The average Bonchev–Trinajstić information content (AvgIpc) is 2.97. The van der Waals surface area contributed by atoms with Gasteiger partial charge < -0.3 is 22.4 Å². The summed E-state index contributed by atoms with van der Waals surface area (Å²) in [7, 11) is -6.21. The van der Waals surface area contributed by atoms with Gasteiger partial charge in [0.2, 0.25) is 0 Å². The summed E-state index contributed by atoms with van der Waals surface area (Å²) in [5, 5.41) is 2.22. The zero-order chi connectivity index (χ0) is 30.3. The molecule has 0 aliphatic heterocycles. The molecule has 3 unspecified atom stereocenters. The van der Waals surface area contributed by atoms with E-state index in [2.05, 4.69) is 63.7 Å². The van der Waals surface area contributed by atoms with E-state index in [4.69, 9.17) is 22.4 Å². The molecule has 41 heavy (non-hydrogen) atoms. The maximum Gasteiger partial charge on any atom is 0.396 e. The zero-order valence-electron chi connectivity index (χ0n) is 25.0. The molecule has 3 atom stereocenters. The second-order valence-electron chi connectivity index (χ2n) is 10.5. The van der Waals surface area contributed by atoms with Gasteiger partial charge in [-0.25, -0.2) is 9.59 Å². The minimum Gasteiger partial charge on any atom is -0.460 e. The topological polar surface area (TPSA) is 80.3 Å². The van der Waals surface area contributed by atoms with Gasteiger partial charge in [-0.3, -0.25) is 0 Å². The van der Waals surface area contributed by atoms with E-state index in [-0.39, 0.29) is 13.2 Å². The van der Waals surface area contributed by atoms with Gasteiger partial charge in [0.15, 0.2) is 17.4 Å². The normalized spacial score (nSPS) is 13.5. The molecule has 0 N–H and O–H groups in total. The predicted octanol–water partition coefficient (Wildman–Crippen LogP) is 4.38. The lowest BCUT2D eigenvalue weighted by Crippen LogP contribution is -2.67. The Bertz CT molecular complexity index is 1080. The fourth-order valence-electron chi connectivity index (χ4n) is 4.13. The summed E-state index contributed by atoms with van der Waals surface area (Å²) >= 11 is 0. The summed E-state index contributed by atoms with van der Waals surface area (Å²) in [6.07, 6.45) is 1.53. The summed E-state index contributed by atoms with van der Waals surface area (Å²) in [5.74, 6) is -1.05. The molecule has 2 aromatic carbocycles. The Morgan fingerprint density at radius 3 is 2.07 bits per heavy atom. The van der Waals surface area contributed by atoms with Crippen LogP contribution in [-0.4, -0.2) is 76.6 Å². The Hall–Kier alpha value is -2.18. The molecule has 11 heteroatoms. The Kier molecular flexibility index (Phi) is 15.1. The van der Waals surface area contributed by atoms with Gasteiger partial charge in [-0.15, -0.1) is 8.58 Å². The van der Waals surface area contributed by atoms with E-state index in [1.807, 2.05) is 36.4 Å². The first-order valence-electron chi connectivity index (χ1n) is 13.9. The van der Waals surface area contributed by atoms with Crippen LogP contribution in [0.4, 0.5) is 0 Å². The summed E-state index contributed by atoms with van der Waals surface area (Å²) in [6, 6.07) is 22.5. The van der Waals surface area contributed by atoms with Crippen molar-refractivity contribution >= 4 is 56.8 Å². The van der Waals surface area contributed by atoms with Crippen LogP contribution in [0.5, 0.6) is 0 Å². The van der Waals surface area contributed by atoms with Crippen LogP contribution < -0.4 is 10.4 Å². The molecule has 0 heterocycles. The summed E-state index contributed by atoms with van der Waals surface area (Å²) in [6.45, 7) is 18.0. The Morgan fingerprint density at radius 2 is 1.56 bits per heavy atom. The molecule has 0 bridgehead atoms. The lowest BCUT2D eigenvalue weighted by Gasteiger charge is -2.39. The molecule has 0 amide bonds. The first-order valence-corrected chi connectivity index (χ1v) is 23.0. The van der Waals surface area contributed by atoms with E-state index in [1.54, 1.807) is 6.92 Å². The molecule has 0 aliphatic rings. The molecule has 2 aromatic rings. The van der Waals surface area contributed by atoms with Crippen LogP contribution in [0.3, 0.4) is 0 Å². The van der Waals surface area contributed by atoms with Crippen LogP contribution in [0.15, 0.2) is 85.5 Å². The van der Waals surface area contributed by atoms with Crippen molar-refractivity contribution in [2.24, 2.45) is 0 Å². The third kappa shape index (κ3) is 11.9. The van der Waals surface area contributed by atoms with Gasteiger partial charge in [0.1, 0.15) is 19.3 Å². The van der Waals surface area contributed by atoms with Crippen molar-refractivity contribution in [3.63, 3.8) is 0 Å². The van der Waals surface area contributed by atoms with Gasteiger partial charge in [0.05, 0.1) is 0 Å². The maximum absolute atomic E-state index is 11.9. The van der Waals surface area contributed by atoms with E-state index < -0.39 is 44.0 Å². The third-order valence-corrected chi connectivity index (χ3v) is 17.2. The summed E-state index contributed by atoms with van der Waals surface area (Å²) in [4.78, 5) is 23.6. The van der Waals surface area contributed by atoms with Crippen molar-refractivity contribution in [1.29, 1.82) is 0 Å². The molecular formula is C30H45O7PSi3. The molecule has 224 valence electrons. The number of hydrogen-bond donors (Lipinski definition) is 0. The van der Waals surface area contributed by atoms with Gasteiger partial charge in [-0.2, -0.15) is 0 Å². The standard InChI is InChI=1S/C30H45O7PSi3/c1-8-29(31)33-23-26(24-34-30(32)25(2)3)36-39(5)21-22-40(6,7)37-41(35-19-20-38-4,27-15-11-9-12-16-27)28-17-13-10-14-18-28/h8-18,26,38-39H,1-2,19-24H2,3-7H3. The lowest BCUT2D eigenvalue weighted by atomic mass is 10.3. The van der Waals surface area contributed by atoms with Crippen molar-refractivity contribution in [3.05, 3.63) is 85.5 Å². The van der Waals surface area contributed by atoms with Gasteiger partial charge in [-0.1, -0.05) is 73.8 Å². The number of benzene rings is 2. The van der Waals surface area contributed by atoms with Gasteiger partial charge in [0, 0.05) is 18.3 Å². The highest BCUT2D eigenvalue weighted by molar-refractivity contribution is 7.37. The van der Waals surface area contributed by atoms with Crippen LogP contribution in [0, 0.1) is 0 Å². The first-order chi connectivity index (χ1) is 19.5. The predicted molar refractivity (Wildman–Crippen MR) is 176 cm³/mol. The Balaban J connectivity index is 2.20. The molecule has 0 fully saturated rings. The third-order valence-electron chi connectivity index (χ3n) is 6.29. The van der Waals surface area contributed by atoms with E-state index in [9.17, 15) is 9.59 Å². The largest absolute Gasteiger partial charge is 0.460 e. The second-order valence-corrected chi connectivity index (χ2v) is 21.7. The minimum absolute atomic E-state index is 0.0191. The van der Waals surface area contributed by atoms with Gasteiger partial charge in [0.25, 0.3) is 0 Å². The molecular weight excluding hydrogens is 588 g/mol. The zero-order valence-corrected chi connectivity index (χ0v) is 29.2. The van der Waals surface area contributed by atoms with Crippen LogP contribution >= 0.6 is 8.58 Å². The highest BCUT2D eigenvalue weighted by Crippen LogP contribution is 2.24. The molecule has 0 saturated carbocycles. The molecule has 7 nitrogen and oxygen atoms in total. The van der Waals surface area contributed by atoms with Gasteiger partial charge in [-0.05, 0) is 61.9 Å². The molecule has 0 radical (unpaired) electrons. The average molecular weight is 633 g/mol. The quantitative estimate of drug-likeness (QED) is 0.0748. The van der Waals surface area contributed by atoms with Crippen LogP contribution in [0.1, 0.15) is 6.92 Å². The Morgan fingerprint density at radius 1 is 1.00 bits per heavy atom. The van der Waals surface area contributed by atoms with Gasteiger partial charge >= 0.3 is 20.5 Å². The van der Waals surface area contributed by atoms with Crippen LogP contribution in [0.25, 0.3) is 0 Å². The minimum atomic E-state index is -2.98. The number of rotatable bonds is 19. The summed E-state index contributed by atoms with van der Waals surface area (Å²) < 4.78 is 30.9. The SMILES string of the molecule is C=CC(=O)OCC(COC(=O)C(=C)C)O[SiH](C)CC[Si](C)(C)O[Si](OCCPC)(c1ccccc1)c1ccccc1. The highest BCUT2D eigenvalue weighted by atomic mass is 31.1. The smallest absolute Gasteiger partial charge is 0.396 e. The van der Waals surface area contributed by atoms with E-state index in [0.29, 0.717) is 12.2 Å². The molecule has 0 saturated heterocycles. The highest BCUT2D eigenvalue weighted by Gasteiger charge is 2.47. The Labute approximate surface area is 251 Å².